The number of hydrogen-bond acceptors (Lipinski definition) is 5. The molecular formula is C17H11N5O. The molecule has 0 saturated heterocycles. The summed E-state index contributed by atoms with van der Waals surface area (Å²) in [6.45, 7) is 0. The number of fused-ring (bicyclic) bond motifs is 1. The third-order valence-corrected chi connectivity index (χ3v) is 3.48. The molecule has 23 heavy (non-hydrogen) atoms. The molecule has 0 aliphatic rings. The molecule has 2 heterocycles. The molecule has 6 heteroatoms. The Balaban J connectivity index is 1.75. The lowest BCUT2D eigenvalue weighted by molar-refractivity contribution is 0.0928. The summed E-state index contributed by atoms with van der Waals surface area (Å²) in [5, 5.41) is 8.50. The lowest BCUT2D eigenvalue weighted by atomic mass is 10.1. The molecule has 0 radical (unpaired) electrons. The predicted octanol–water partition coefficient (Wildman–Crippen LogP) is 2.58. The summed E-state index contributed by atoms with van der Waals surface area (Å²) in [6.07, 6.45) is 4.26. The van der Waals surface area contributed by atoms with Gasteiger partial charge in [-0.05, 0) is 23.3 Å². The second-order valence-electron chi connectivity index (χ2n) is 4.99. The number of hydrogen-bond donors (Lipinski definition) is 0. The molecule has 0 atom stereocenters. The van der Waals surface area contributed by atoms with E-state index in [2.05, 4.69) is 20.2 Å². The van der Waals surface area contributed by atoms with Crippen LogP contribution in [-0.4, -0.2) is 30.9 Å². The molecule has 0 bridgehead atoms. The predicted molar refractivity (Wildman–Crippen MR) is 84.7 cm³/mol. The molecule has 2 aromatic heterocycles. The van der Waals surface area contributed by atoms with Gasteiger partial charge in [0.15, 0.2) is 0 Å². The SMILES string of the molecule is O=C(c1cncnc1)n1nc2ccc(-c3ccccc3)cc2n1. The minimum absolute atomic E-state index is 0.344. The van der Waals surface area contributed by atoms with Crippen LogP contribution in [0.3, 0.4) is 0 Å². The van der Waals surface area contributed by atoms with Crippen LogP contribution in [0.15, 0.2) is 67.3 Å². The molecule has 0 N–H and O–H groups in total. The van der Waals surface area contributed by atoms with Gasteiger partial charge in [0.1, 0.15) is 17.4 Å². The second kappa shape index (κ2) is 5.42. The monoisotopic (exact) mass is 301 g/mol. The van der Waals surface area contributed by atoms with Crippen molar-refractivity contribution in [3.05, 3.63) is 72.8 Å². The van der Waals surface area contributed by atoms with Crippen molar-refractivity contribution in [1.29, 1.82) is 0 Å². The molecule has 2 aromatic carbocycles. The number of aromatic nitrogens is 5. The van der Waals surface area contributed by atoms with Gasteiger partial charge in [-0.1, -0.05) is 36.4 Å². The maximum Gasteiger partial charge on any atom is 0.298 e. The van der Waals surface area contributed by atoms with Crippen molar-refractivity contribution in [2.45, 2.75) is 0 Å². The quantitative estimate of drug-likeness (QED) is 0.569. The lowest BCUT2D eigenvalue weighted by Gasteiger charge is -1.99. The molecule has 0 unspecified atom stereocenters. The summed E-state index contributed by atoms with van der Waals surface area (Å²) in [4.78, 5) is 21.1. The topological polar surface area (TPSA) is 73.6 Å². The molecular weight excluding hydrogens is 290 g/mol. The van der Waals surface area contributed by atoms with Crippen molar-refractivity contribution in [1.82, 2.24) is 25.0 Å². The van der Waals surface area contributed by atoms with Crippen LogP contribution in [0.25, 0.3) is 22.2 Å². The fourth-order valence-electron chi connectivity index (χ4n) is 2.34. The van der Waals surface area contributed by atoms with Crippen LogP contribution in [0.4, 0.5) is 0 Å². The largest absolute Gasteiger partial charge is 0.298 e. The lowest BCUT2D eigenvalue weighted by Crippen LogP contribution is -2.15. The fraction of sp³-hybridized carbons (Fsp3) is 0. The van der Waals surface area contributed by atoms with Crippen molar-refractivity contribution in [3.63, 3.8) is 0 Å². The molecule has 0 saturated carbocycles. The second-order valence-corrected chi connectivity index (χ2v) is 4.99. The maximum absolute atomic E-state index is 12.3. The standard InChI is InChI=1S/C17H11N5O/c23-17(14-9-18-11-19-10-14)22-20-15-7-6-13(8-16(15)21-22)12-4-2-1-3-5-12/h1-11H. The minimum atomic E-state index is -0.358. The first-order valence-corrected chi connectivity index (χ1v) is 7.03. The Bertz CT molecular complexity index is 980. The summed E-state index contributed by atoms with van der Waals surface area (Å²) in [7, 11) is 0. The highest BCUT2D eigenvalue weighted by atomic mass is 16.2. The Kier molecular flexibility index (Phi) is 3.12. The summed E-state index contributed by atoms with van der Waals surface area (Å²) >= 11 is 0. The first-order valence-electron chi connectivity index (χ1n) is 7.03. The van der Waals surface area contributed by atoms with Gasteiger partial charge in [0.2, 0.25) is 0 Å². The van der Waals surface area contributed by atoms with E-state index in [4.69, 9.17) is 0 Å². The van der Waals surface area contributed by atoms with E-state index in [1.54, 1.807) is 0 Å². The third-order valence-electron chi connectivity index (χ3n) is 3.48. The van der Waals surface area contributed by atoms with Gasteiger partial charge < -0.3 is 0 Å². The van der Waals surface area contributed by atoms with Crippen LogP contribution in [0.2, 0.25) is 0 Å². The average Bonchev–Trinajstić information content (AvgIpc) is 3.06. The average molecular weight is 301 g/mol. The molecule has 110 valence electrons. The highest BCUT2D eigenvalue weighted by molar-refractivity contribution is 5.95. The van der Waals surface area contributed by atoms with Crippen molar-refractivity contribution >= 4 is 16.9 Å². The molecule has 4 aromatic rings. The Labute approximate surface area is 131 Å². The molecule has 4 rings (SSSR count). The van der Waals surface area contributed by atoms with E-state index in [9.17, 15) is 4.79 Å². The van der Waals surface area contributed by atoms with Gasteiger partial charge in [0.05, 0.1) is 5.56 Å². The van der Waals surface area contributed by atoms with Crippen LogP contribution in [0, 0.1) is 0 Å². The van der Waals surface area contributed by atoms with Crippen molar-refractivity contribution in [3.8, 4) is 11.1 Å². The molecule has 0 amide bonds. The Morgan fingerprint density at radius 1 is 0.826 bits per heavy atom. The van der Waals surface area contributed by atoms with E-state index in [1.807, 2.05) is 48.5 Å². The van der Waals surface area contributed by atoms with E-state index in [0.717, 1.165) is 15.9 Å². The maximum atomic E-state index is 12.3. The van der Waals surface area contributed by atoms with Crippen LogP contribution < -0.4 is 0 Å². The van der Waals surface area contributed by atoms with E-state index < -0.39 is 0 Å². The first kappa shape index (κ1) is 13.3. The van der Waals surface area contributed by atoms with Gasteiger partial charge >= 0.3 is 0 Å². The normalized spacial score (nSPS) is 10.8. The Morgan fingerprint density at radius 2 is 1.57 bits per heavy atom. The molecule has 6 nitrogen and oxygen atoms in total. The number of carbonyl (C=O) groups is 1. The van der Waals surface area contributed by atoms with Gasteiger partial charge in [0.25, 0.3) is 5.91 Å². The van der Waals surface area contributed by atoms with Crippen molar-refractivity contribution in [2.75, 3.05) is 0 Å². The Hall–Kier alpha value is -3.41. The van der Waals surface area contributed by atoms with E-state index in [1.165, 1.54) is 18.7 Å². The zero-order valence-electron chi connectivity index (χ0n) is 12.0. The van der Waals surface area contributed by atoms with Crippen LogP contribution >= 0.6 is 0 Å². The number of rotatable bonds is 2. The summed E-state index contributed by atoms with van der Waals surface area (Å²) < 4.78 is 0. The molecule has 0 fully saturated rings. The van der Waals surface area contributed by atoms with E-state index in [0.29, 0.717) is 16.6 Å². The summed E-state index contributed by atoms with van der Waals surface area (Å²) in [6, 6.07) is 15.7. The van der Waals surface area contributed by atoms with Gasteiger partial charge in [-0.3, -0.25) is 4.79 Å². The number of nitrogens with zero attached hydrogens (tertiary/aromatic N) is 5. The molecule has 0 spiro atoms. The first-order chi connectivity index (χ1) is 11.3. The van der Waals surface area contributed by atoms with Crippen LogP contribution in [0.1, 0.15) is 10.4 Å². The van der Waals surface area contributed by atoms with E-state index >= 15 is 0 Å². The number of carbonyl (C=O) groups excluding carboxylic acids is 1. The Morgan fingerprint density at radius 3 is 2.35 bits per heavy atom. The summed E-state index contributed by atoms with van der Waals surface area (Å²) in [5.41, 5.74) is 3.79. The minimum Gasteiger partial charge on any atom is -0.265 e. The van der Waals surface area contributed by atoms with Gasteiger partial charge in [-0.15, -0.1) is 15.0 Å². The number of benzene rings is 2. The molecule has 0 aliphatic heterocycles. The summed E-state index contributed by atoms with van der Waals surface area (Å²) in [5.74, 6) is -0.358. The van der Waals surface area contributed by atoms with Gasteiger partial charge in [-0.25, -0.2) is 9.97 Å². The van der Waals surface area contributed by atoms with Crippen LogP contribution in [0.5, 0.6) is 0 Å². The van der Waals surface area contributed by atoms with Gasteiger partial charge in [-0.2, -0.15) is 0 Å². The zero-order valence-corrected chi connectivity index (χ0v) is 12.0. The highest BCUT2D eigenvalue weighted by Gasteiger charge is 2.13. The van der Waals surface area contributed by atoms with Crippen molar-refractivity contribution < 1.29 is 4.79 Å². The third kappa shape index (κ3) is 2.46. The highest BCUT2D eigenvalue weighted by Crippen LogP contribution is 2.22. The molecule has 0 aliphatic carbocycles. The van der Waals surface area contributed by atoms with Gasteiger partial charge in [0, 0.05) is 12.4 Å². The smallest absolute Gasteiger partial charge is 0.265 e. The van der Waals surface area contributed by atoms with Crippen molar-refractivity contribution in [2.24, 2.45) is 0 Å². The zero-order chi connectivity index (χ0) is 15.6. The van der Waals surface area contributed by atoms with Crippen LogP contribution in [-0.2, 0) is 0 Å². The fourth-order valence-corrected chi connectivity index (χ4v) is 2.34. The van der Waals surface area contributed by atoms with E-state index in [-0.39, 0.29) is 5.91 Å².